The zero-order chi connectivity index (χ0) is 17.7. The minimum Gasteiger partial charge on any atom is -0.298 e. The molecular weight excluding hydrogens is 308 g/mol. The highest BCUT2D eigenvalue weighted by Gasteiger charge is 2.44. The first-order chi connectivity index (χ1) is 10.7. The number of aldehydes is 1. The Morgan fingerprint density at radius 2 is 1.87 bits per heavy atom. The smallest absolute Gasteiger partial charge is 0.240 e. The highest BCUT2D eigenvalue weighted by atomic mass is 32.2. The third kappa shape index (κ3) is 4.15. The number of carbonyl (C=O) groups is 2. The number of hydrogen-bond acceptors (Lipinski definition) is 4. The second kappa shape index (κ2) is 7.35. The molecule has 0 aliphatic heterocycles. The molecule has 23 heavy (non-hydrogen) atoms. The molecule has 1 aromatic rings. The molecule has 1 rings (SSSR count). The Labute approximate surface area is 142 Å². The predicted octanol–water partition coefficient (Wildman–Crippen LogP) is 3.54. The molecule has 0 aliphatic carbocycles. The fourth-order valence-corrected chi connectivity index (χ4v) is 2.65. The molecule has 0 heterocycles. The lowest BCUT2D eigenvalue weighted by molar-refractivity contribution is -0.138. The molecule has 1 aromatic carbocycles. The second-order valence-electron chi connectivity index (χ2n) is 6.17. The molecule has 0 bridgehead atoms. The lowest BCUT2D eigenvalue weighted by Crippen LogP contribution is -2.45. The first-order valence-corrected chi connectivity index (χ1v) is 7.87. The molecule has 5 heteroatoms. The summed E-state index contributed by atoms with van der Waals surface area (Å²) in [5.74, 6) is 2.46. The third-order valence-electron chi connectivity index (χ3n) is 4.13. The minimum absolute atomic E-state index is 0.0526. The van der Waals surface area contributed by atoms with Crippen molar-refractivity contribution in [1.82, 2.24) is 4.31 Å². The summed E-state index contributed by atoms with van der Waals surface area (Å²) in [7, 11) is 0. The Bertz CT molecular complexity index is 664. The van der Waals surface area contributed by atoms with Gasteiger partial charge in [0.05, 0.1) is 11.5 Å². The zero-order valence-corrected chi connectivity index (χ0v) is 14.6. The van der Waals surface area contributed by atoms with Gasteiger partial charge in [0, 0.05) is 15.9 Å². The highest BCUT2D eigenvalue weighted by molar-refractivity contribution is 7.97. The van der Waals surface area contributed by atoms with E-state index in [9.17, 15) is 9.59 Å². The van der Waals surface area contributed by atoms with Crippen LogP contribution in [0, 0.1) is 34.5 Å². The van der Waals surface area contributed by atoms with Gasteiger partial charge >= 0.3 is 0 Å². The molecule has 0 aromatic heterocycles. The van der Waals surface area contributed by atoms with Gasteiger partial charge in [-0.25, -0.2) is 0 Å². The maximum Gasteiger partial charge on any atom is 0.240 e. The summed E-state index contributed by atoms with van der Waals surface area (Å²) in [6.07, 6.45) is 6.32. The van der Waals surface area contributed by atoms with Crippen LogP contribution < -0.4 is 0 Å². The average Bonchev–Trinajstić information content (AvgIpc) is 2.54. The zero-order valence-electron chi connectivity index (χ0n) is 13.8. The summed E-state index contributed by atoms with van der Waals surface area (Å²) >= 11 is 1.17. The molecule has 0 fully saturated rings. The molecule has 0 aliphatic rings. The second-order valence-corrected chi connectivity index (χ2v) is 7.27. The molecule has 1 amide bonds. The van der Waals surface area contributed by atoms with Crippen LogP contribution in [-0.4, -0.2) is 23.0 Å². The summed E-state index contributed by atoms with van der Waals surface area (Å²) in [6.45, 7) is 7.19. The van der Waals surface area contributed by atoms with Crippen molar-refractivity contribution in [2.24, 2.45) is 10.8 Å². The monoisotopic (exact) mass is 328 g/mol. The third-order valence-corrected chi connectivity index (χ3v) is 5.13. The van der Waals surface area contributed by atoms with Crippen LogP contribution >= 0.6 is 11.9 Å². The van der Waals surface area contributed by atoms with E-state index in [1.807, 2.05) is 19.9 Å². The van der Waals surface area contributed by atoms with Crippen LogP contribution in [0.25, 0.3) is 0 Å². The van der Waals surface area contributed by atoms with Gasteiger partial charge in [-0.15, -0.1) is 6.42 Å². The van der Waals surface area contributed by atoms with E-state index in [2.05, 4.69) is 5.92 Å². The van der Waals surface area contributed by atoms with Crippen LogP contribution in [0.15, 0.2) is 29.2 Å². The molecule has 0 saturated carbocycles. The average molecular weight is 328 g/mol. The lowest BCUT2D eigenvalue weighted by atomic mass is 9.68. The van der Waals surface area contributed by atoms with Crippen molar-refractivity contribution < 1.29 is 9.59 Å². The van der Waals surface area contributed by atoms with Gasteiger partial charge in [-0.1, -0.05) is 18.1 Å². The van der Waals surface area contributed by atoms with Crippen LogP contribution in [0.4, 0.5) is 0 Å². The molecule has 0 radical (unpaired) electrons. The summed E-state index contributed by atoms with van der Waals surface area (Å²) in [6, 6.07) is 8.83. The van der Waals surface area contributed by atoms with Gasteiger partial charge < -0.3 is 0 Å². The van der Waals surface area contributed by atoms with Crippen molar-refractivity contribution in [3.8, 4) is 18.4 Å². The van der Waals surface area contributed by atoms with E-state index < -0.39 is 10.8 Å². The molecule has 0 spiro atoms. The quantitative estimate of drug-likeness (QED) is 0.347. The van der Waals surface area contributed by atoms with E-state index in [-0.39, 0.29) is 12.5 Å². The number of carbonyl (C=O) groups excluding carboxylic acids is 2. The molecule has 0 N–H and O–H groups in total. The highest BCUT2D eigenvalue weighted by Crippen LogP contribution is 2.41. The first kappa shape index (κ1) is 18.8. The predicted molar refractivity (Wildman–Crippen MR) is 91.4 cm³/mol. The van der Waals surface area contributed by atoms with E-state index in [4.69, 9.17) is 11.7 Å². The Morgan fingerprint density at radius 3 is 2.30 bits per heavy atom. The van der Waals surface area contributed by atoms with Gasteiger partial charge in [0.25, 0.3) is 0 Å². The van der Waals surface area contributed by atoms with E-state index in [1.54, 1.807) is 38.1 Å². The van der Waals surface area contributed by atoms with Gasteiger partial charge in [-0.3, -0.25) is 13.9 Å². The van der Waals surface area contributed by atoms with Gasteiger partial charge in [0.1, 0.15) is 12.8 Å². The Morgan fingerprint density at radius 1 is 1.30 bits per heavy atom. The van der Waals surface area contributed by atoms with Crippen LogP contribution in [-0.2, 0) is 4.79 Å². The number of amides is 1. The molecule has 0 unspecified atom stereocenters. The van der Waals surface area contributed by atoms with Crippen LogP contribution in [0.2, 0.25) is 0 Å². The van der Waals surface area contributed by atoms with Gasteiger partial charge in [0.2, 0.25) is 5.91 Å². The maximum absolute atomic E-state index is 12.9. The fraction of sp³-hybridized carbons (Fsp3) is 0.389. The van der Waals surface area contributed by atoms with Crippen LogP contribution in [0.3, 0.4) is 0 Å². The van der Waals surface area contributed by atoms with Gasteiger partial charge in [0.15, 0.2) is 0 Å². The number of rotatable bonds is 6. The van der Waals surface area contributed by atoms with Crippen LogP contribution in [0.5, 0.6) is 0 Å². The van der Waals surface area contributed by atoms with Crippen molar-refractivity contribution in [1.29, 1.82) is 5.26 Å². The number of benzene rings is 1. The minimum atomic E-state index is -0.825. The normalized spacial score (nSPS) is 11.2. The van der Waals surface area contributed by atoms with Crippen molar-refractivity contribution in [2.75, 3.05) is 6.54 Å². The Balaban J connectivity index is 3.06. The van der Waals surface area contributed by atoms with Gasteiger partial charge in [-0.2, -0.15) is 5.26 Å². The Hall–Kier alpha value is -2.24. The lowest BCUT2D eigenvalue weighted by Gasteiger charge is -2.38. The molecule has 4 nitrogen and oxygen atoms in total. The van der Waals surface area contributed by atoms with E-state index in [0.29, 0.717) is 5.56 Å². The summed E-state index contributed by atoms with van der Waals surface area (Å²) in [5, 5.41) is 9.03. The number of terminal acetylenes is 1. The molecule has 120 valence electrons. The number of nitrogens with zero attached hydrogens (tertiary/aromatic N) is 2. The maximum atomic E-state index is 12.9. The summed E-state index contributed by atoms with van der Waals surface area (Å²) in [5.41, 5.74) is -0.921. The largest absolute Gasteiger partial charge is 0.298 e. The van der Waals surface area contributed by atoms with Crippen molar-refractivity contribution in [2.45, 2.75) is 32.6 Å². The van der Waals surface area contributed by atoms with Crippen molar-refractivity contribution in [3.63, 3.8) is 0 Å². The standard InChI is InChI=1S/C18H20N2O2S/c1-6-17(2,3)18(4,5)16(22)20(12-11-19)23-15-9-7-14(13-21)8-10-15/h1,7-10,13H,12H2,2-5H3. The number of nitriles is 1. The van der Waals surface area contributed by atoms with Crippen molar-refractivity contribution >= 4 is 24.1 Å². The molecule has 0 saturated heterocycles. The first-order valence-electron chi connectivity index (χ1n) is 7.09. The SMILES string of the molecule is C#CC(C)(C)C(C)(C)C(=O)N(CC#N)Sc1ccc(C=O)cc1. The van der Waals surface area contributed by atoms with Gasteiger partial charge in [-0.05, 0) is 51.8 Å². The Kier molecular flexibility index (Phi) is 6.01. The summed E-state index contributed by atoms with van der Waals surface area (Å²) < 4.78 is 1.41. The molecule has 0 atom stereocenters. The number of hydrogen-bond donors (Lipinski definition) is 0. The molecular formula is C18H20N2O2S. The summed E-state index contributed by atoms with van der Waals surface area (Å²) in [4.78, 5) is 24.4. The fourth-order valence-electron chi connectivity index (χ4n) is 1.70. The van der Waals surface area contributed by atoms with Crippen molar-refractivity contribution in [3.05, 3.63) is 29.8 Å². The van der Waals surface area contributed by atoms with E-state index in [0.717, 1.165) is 11.2 Å². The topological polar surface area (TPSA) is 61.2 Å². The van der Waals surface area contributed by atoms with E-state index in [1.165, 1.54) is 16.3 Å². The van der Waals surface area contributed by atoms with E-state index >= 15 is 0 Å². The van der Waals surface area contributed by atoms with Crippen LogP contribution in [0.1, 0.15) is 38.1 Å².